The summed E-state index contributed by atoms with van der Waals surface area (Å²) in [5, 5.41) is 5.37. The van der Waals surface area contributed by atoms with Crippen LogP contribution in [0.1, 0.15) is 12.8 Å². The van der Waals surface area contributed by atoms with Crippen molar-refractivity contribution in [3.63, 3.8) is 0 Å². The number of carbonyl (C=O) groups is 1. The molecule has 2 N–H and O–H groups in total. The maximum Gasteiger partial charge on any atom is 0.573 e. The predicted molar refractivity (Wildman–Crippen MR) is 88.7 cm³/mol. The minimum absolute atomic E-state index is 0. The van der Waals surface area contributed by atoms with Crippen molar-refractivity contribution in [3.05, 3.63) is 24.3 Å². The van der Waals surface area contributed by atoms with E-state index in [2.05, 4.69) is 15.4 Å². The van der Waals surface area contributed by atoms with Crippen LogP contribution in [-0.4, -0.2) is 44.8 Å². The molecule has 0 aromatic heterocycles. The van der Waals surface area contributed by atoms with Gasteiger partial charge in [0.1, 0.15) is 5.75 Å². The van der Waals surface area contributed by atoms with Crippen LogP contribution in [0.25, 0.3) is 0 Å². The Bertz CT molecular complexity index is 719. The molecule has 11 heteroatoms. The number of nitrogens with one attached hydrogen (secondary N) is 2. The zero-order valence-electron chi connectivity index (χ0n) is 13.2. The second-order valence-corrected chi connectivity index (χ2v) is 7.87. The summed E-state index contributed by atoms with van der Waals surface area (Å²) in [4.78, 5) is 12.6. The van der Waals surface area contributed by atoms with Crippen LogP contribution >= 0.6 is 12.4 Å². The van der Waals surface area contributed by atoms with Gasteiger partial charge < -0.3 is 15.4 Å². The smallest absolute Gasteiger partial charge is 0.406 e. The zero-order chi connectivity index (χ0) is 18.0. The molecule has 1 fully saturated rings. The van der Waals surface area contributed by atoms with Gasteiger partial charge in [-0.05, 0) is 38.1 Å². The second-order valence-electron chi connectivity index (χ2n) is 5.55. The van der Waals surface area contributed by atoms with Crippen LogP contribution in [0.5, 0.6) is 5.75 Å². The maximum absolute atomic E-state index is 12.6. The Morgan fingerprint density at radius 1 is 1.28 bits per heavy atom. The number of amides is 1. The molecule has 0 unspecified atom stereocenters. The quantitative estimate of drug-likeness (QED) is 0.805. The molecule has 1 aromatic rings. The first-order valence-electron chi connectivity index (χ1n) is 7.11. The molecule has 1 aromatic carbocycles. The van der Waals surface area contributed by atoms with E-state index in [-0.39, 0.29) is 30.9 Å². The Balaban J connectivity index is 0.00000312. The highest BCUT2D eigenvalue weighted by molar-refractivity contribution is 7.92. The highest BCUT2D eigenvalue weighted by atomic mass is 35.5. The Morgan fingerprint density at radius 3 is 2.40 bits per heavy atom. The molecule has 0 atom stereocenters. The monoisotopic (exact) mass is 402 g/mol. The lowest BCUT2D eigenvalue weighted by molar-refractivity contribution is -0.274. The number of sulfone groups is 1. The number of carbonyl (C=O) groups excluding carboxylic acids is 1. The lowest BCUT2D eigenvalue weighted by Crippen LogP contribution is -2.55. The van der Waals surface area contributed by atoms with E-state index in [9.17, 15) is 26.4 Å². The molecular weight excluding hydrogens is 385 g/mol. The van der Waals surface area contributed by atoms with Crippen molar-refractivity contribution in [2.75, 3.05) is 24.7 Å². The van der Waals surface area contributed by atoms with E-state index in [0.717, 1.165) is 18.4 Å². The van der Waals surface area contributed by atoms with E-state index in [1.807, 2.05) is 0 Å². The fourth-order valence-corrected chi connectivity index (χ4v) is 3.95. The molecule has 142 valence electrons. The van der Waals surface area contributed by atoms with E-state index in [1.54, 1.807) is 0 Å². The fourth-order valence-electron chi connectivity index (χ4n) is 2.61. The molecule has 0 saturated carbocycles. The first kappa shape index (κ1) is 21.5. The van der Waals surface area contributed by atoms with Crippen molar-refractivity contribution < 1.29 is 31.1 Å². The van der Waals surface area contributed by atoms with Gasteiger partial charge in [0, 0.05) is 18.0 Å². The highest BCUT2D eigenvalue weighted by Crippen LogP contribution is 2.30. The van der Waals surface area contributed by atoms with Crippen LogP contribution in [0.15, 0.2) is 24.3 Å². The third-order valence-corrected chi connectivity index (χ3v) is 5.87. The number of halogens is 4. The van der Waals surface area contributed by atoms with Gasteiger partial charge in [0.25, 0.3) is 0 Å². The standard InChI is InChI=1S/C14H17F3N2O4S.ClH/c1-24(21,22)13(5-7-18-8-6-13)12(20)19-10-3-2-4-11(9-10)23-14(15,16)17;/h2-4,9,18H,5-8H2,1H3,(H,19,20);1H. The topological polar surface area (TPSA) is 84.5 Å². The summed E-state index contributed by atoms with van der Waals surface area (Å²) in [6.45, 7) is 0.718. The molecule has 1 amide bonds. The number of hydrogen-bond donors (Lipinski definition) is 2. The number of rotatable bonds is 4. The lowest BCUT2D eigenvalue weighted by Gasteiger charge is -2.34. The number of benzene rings is 1. The Labute approximate surface area is 149 Å². The molecule has 25 heavy (non-hydrogen) atoms. The van der Waals surface area contributed by atoms with Crippen molar-refractivity contribution in [1.82, 2.24) is 5.32 Å². The van der Waals surface area contributed by atoms with Crippen molar-refractivity contribution in [3.8, 4) is 5.75 Å². The Hall–Kier alpha value is -1.52. The molecule has 0 radical (unpaired) electrons. The van der Waals surface area contributed by atoms with Crippen LogP contribution in [0.3, 0.4) is 0 Å². The van der Waals surface area contributed by atoms with Gasteiger partial charge in [-0.3, -0.25) is 4.79 Å². The van der Waals surface area contributed by atoms with Gasteiger partial charge in [0.05, 0.1) is 0 Å². The van der Waals surface area contributed by atoms with Crippen LogP contribution in [-0.2, 0) is 14.6 Å². The molecule has 1 aliphatic rings. The van der Waals surface area contributed by atoms with Gasteiger partial charge in [-0.2, -0.15) is 0 Å². The molecular formula is C14H18ClF3N2O4S. The number of anilines is 1. The first-order valence-corrected chi connectivity index (χ1v) is 9.00. The van der Waals surface area contributed by atoms with Gasteiger partial charge in [0.2, 0.25) is 5.91 Å². The summed E-state index contributed by atoms with van der Waals surface area (Å²) in [7, 11) is -3.71. The summed E-state index contributed by atoms with van der Waals surface area (Å²) in [6.07, 6.45) is -3.68. The largest absolute Gasteiger partial charge is 0.573 e. The van der Waals surface area contributed by atoms with Crippen LogP contribution in [0.2, 0.25) is 0 Å². The molecule has 1 heterocycles. The van der Waals surface area contributed by atoms with E-state index in [0.29, 0.717) is 13.1 Å². The lowest BCUT2D eigenvalue weighted by atomic mass is 9.95. The Morgan fingerprint density at radius 2 is 1.88 bits per heavy atom. The third kappa shape index (κ3) is 5.23. The maximum atomic E-state index is 12.6. The average Bonchev–Trinajstić information content (AvgIpc) is 2.45. The molecule has 0 bridgehead atoms. The predicted octanol–water partition coefficient (Wildman–Crippen LogP) is 2.11. The van der Waals surface area contributed by atoms with Gasteiger partial charge in [-0.25, -0.2) is 8.42 Å². The Kier molecular flexibility index (Phi) is 6.71. The summed E-state index contributed by atoms with van der Waals surface area (Å²) < 4.78 is 63.2. The number of piperidine rings is 1. The van der Waals surface area contributed by atoms with Crippen LogP contribution < -0.4 is 15.4 Å². The fraction of sp³-hybridized carbons (Fsp3) is 0.500. The van der Waals surface area contributed by atoms with E-state index in [1.165, 1.54) is 12.1 Å². The normalized spacial score (nSPS) is 17.3. The molecule has 0 aliphatic carbocycles. The van der Waals surface area contributed by atoms with Crippen molar-refractivity contribution in [2.24, 2.45) is 0 Å². The molecule has 2 rings (SSSR count). The number of alkyl halides is 3. The van der Waals surface area contributed by atoms with E-state index in [4.69, 9.17) is 0 Å². The zero-order valence-corrected chi connectivity index (χ0v) is 14.9. The van der Waals surface area contributed by atoms with E-state index < -0.39 is 32.6 Å². The summed E-state index contributed by atoms with van der Waals surface area (Å²) in [6, 6.07) is 4.70. The first-order chi connectivity index (χ1) is 11.0. The van der Waals surface area contributed by atoms with Crippen molar-refractivity contribution in [2.45, 2.75) is 24.0 Å². The number of hydrogen-bond acceptors (Lipinski definition) is 5. The highest BCUT2D eigenvalue weighted by Gasteiger charge is 2.48. The molecule has 6 nitrogen and oxygen atoms in total. The average molecular weight is 403 g/mol. The molecule has 1 saturated heterocycles. The number of ether oxygens (including phenoxy) is 1. The summed E-state index contributed by atoms with van der Waals surface area (Å²) >= 11 is 0. The third-order valence-electron chi connectivity index (χ3n) is 3.86. The second kappa shape index (κ2) is 7.79. The summed E-state index contributed by atoms with van der Waals surface area (Å²) in [5.74, 6) is -1.25. The van der Waals surface area contributed by atoms with Crippen molar-refractivity contribution in [1.29, 1.82) is 0 Å². The van der Waals surface area contributed by atoms with Gasteiger partial charge in [-0.1, -0.05) is 6.07 Å². The van der Waals surface area contributed by atoms with Crippen LogP contribution in [0.4, 0.5) is 18.9 Å². The van der Waals surface area contributed by atoms with E-state index >= 15 is 0 Å². The van der Waals surface area contributed by atoms with Gasteiger partial charge in [-0.15, -0.1) is 25.6 Å². The SMILES string of the molecule is CS(=O)(=O)C1(C(=O)Nc2cccc(OC(F)(F)F)c2)CCNCC1.Cl. The molecule has 0 spiro atoms. The van der Waals surface area contributed by atoms with Gasteiger partial charge >= 0.3 is 6.36 Å². The molecule has 1 aliphatic heterocycles. The van der Waals surface area contributed by atoms with Crippen molar-refractivity contribution >= 4 is 33.8 Å². The summed E-state index contributed by atoms with van der Waals surface area (Å²) in [5.41, 5.74) is 0.0308. The minimum atomic E-state index is -4.86. The van der Waals surface area contributed by atoms with Crippen LogP contribution in [0, 0.1) is 0 Å². The minimum Gasteiger partial charge on any atom is -0.406 e. The van der Waals surface area contributed by atoms with Gasteiger partial charge in [0.15, 0.2) is 14.6 Å².